The minimum atomic E-state index is 0.132. The molecule has 0 aliphatic carbocycles. The fourth-order valence-electron chi connectivity index (χ4n) is 2.47. The van der Waals surface area contributed by atoms with Crippen LogP contribution in [0.1, 0.15) is 35.3 Å². The van der Waals surface area contributed by atoms with Gasteiger partial charge < -0.3 is 5.32 Å². The highest BCUT2D eigenvalue weighted by atomic mass is 79.9. The van der Waals surface area contributed by atoms with Crippen molar-refractivity contribution >= 4 is 31.9 Å². The molecule has 0 aliphatic rings. The van der Waals surface area contributed by atoms with Crippen molar-refractivity contribution in [3.8, 4) is 0 Å². The SMILES string of the molecule is CCNC(c1cc(C)c(Br)c(C)c1)c1c(Br)cnn1C. The third kappa shape index (κ3) is 3.00. The number of halogens is 2. The van der Waals surface area contributed by atoms with E-state index in [0.29, 0.717) is 0 Å². The standard InChI is InChI=1S/C15H19Br2N3/c1-5-18-14(15-12(16)8-19-20(15)4)11-6-9(2)13(17)10(3)7-11/h6-8,14,18H,5H2,1-4H3. The quantitative estimate of drug-likeness (QED) is 0.830. The molecule has 108 valence electrons. The fraction of sp³-hybridized carbons (Fsp3) is 0.400. The molecule has 2 rings (SSSR count). The highest BCUT2D eigenvalue weighted by Gasteiger charge is 2.21. The number of nitrogens with one attached hydrogen (secondary N) is 1. The van der Waals surface area contributed by atoms with E-state index in [1.54, 1.807) is 0 Å². The van der Waals surface area contributed by atoms with Crippen LogP contribution in [0.4, 0.5) is 0 Å². The zero-order chi connectivity index (χ0) is 14.9. The van der Waals surface area contributed by atoms with Crippen LogP contribution in [0.25, 0.3) is 0 Å². The van der Waals surface area contributed by atoms with E-state index in [4.69, 9.17) is 0 Å². The minimum absolute atomic E-state index is 0.132. The molecule has 1 aromatic heterocycles. The Kier molecular flexibility index (Phi) is 5.04. The summed E-state index contributed by atoms with van der Waals surface area (Å²) in [7, 11) is 1.98. The third-order valence-corrected chi connectivity index (χ3v) is 5.27. The van der Waals surface area contributed by atoms with Gasteiger partial charge >= 0.3 is 0 Å². The van der Waals surface area contributed by atoms with Crippen molar-refractivity contribution in [1.82, 2.24) is 15.1 Å². The minimum Gasteiger partial charge on any atom is -0.305 e. The van der Waals surface area contributed by atoms with Gasteiger partial charge in [-0.05, 0) is 53.0 Å². The highest BCUT2D eigenvalue weighted by molar-refractivity contribution is 9.10. The van der Waals surface area contributed by atoms with Gasteiger partial charge in [-0.3, -0.25) is 4.68 Å². The van der Waals surface area contributed by atoms with Crippen LogP contribution in [0.5, 0.6) is 0 Å². The molecule has 0 saturated heterocycles. The molecule has 1 aromatic carbocycles. The van der Waals surface area contributed by atoms with Crippen LogP contribution in [-0.4, -0.2) is 16.3 Å². The highest BCUT2D eigenvalue weighted by Crippen LogP contribution is 2.31. The number of rotatable bonds is 4. The van der Waals surface area contributed by atoms with Crippen LogP contribution >= 0.6 is 31.9 Å². The number of hydrogen-bond donors (Lipinski definition) is 1. The molecule has 0 aliphatic heterocycles. The summed E-state index contributed by atoms with van der Waals surface area (Å²) < 4.78 is 4.13. The molecule has 1 N–H and O–H groups in total. The first-order valence-electron chi connectivity index (χ1n) is 6.63. The molecule has 0 bridgehead atoms. The van der Waals surface area contributed by atoms with Crippen LogP contribution in [0.15, 0.2) is 27.3 Å². The Morgan fingerprint density at radius 1 is 1.25 bits per heavy atom. The lowest BCUT2D eigenvalue weighted by atomic mass is 9.99. The Bertz CT molecular complexity index is 577. The first kappa shape index (κ1) is 15.7. The van der Waals surface area contributed by atoms with Gasteiger partial charge in [-0.2, -0.15) is 5.10 Å². The molecule has 1 atom stereocenters. The second-order valence-corrected chi connectivity index (χ2v) is 6.61. The monoisotopic (exact) mass is 399 g/mol. The van der Waals surface area contributed by atoms with E-state index in [1.165, 1.54) is 21.2 Å². The maximum atomic E-state index is 4.33. The van der Waals surface area contributed by atoms with E-state index in [-0.39, 0.29) is 6.04 Å². The molecule has 0 radical (unpaired) electrons. The summed E-state index contributed by atoms with van der Waals surface area (Å²) >= 11 is 7.24. The first-order chi connectivity index (χ1) is 9.45. The lowest BCUT2D eigenvalue weighted by molar-refractivity contribution is 0.570. The summed E-state index contributed by atoms with van der Waals surface area (Å²) in [5, 5.41) is 7.88. The number of nitrogens with zero attached hydrogens (tertiary/aromatic N) is 2. The van der Waals surface area contributed by atoms with Crippen LogP contribution < -0.4 is 5.32 Å². The number of hydrogen-bond acceptors (Lipinski definition) is 2. The normalized spacial score (nSPS) is 12.7. The summed E-state index contributed by atoms with van der Waals surface area (Å²) in [4.78, 5) is 0. The number of aromatic nitrogens is 2. The predicted octanol–water partition coefficient (Wildman–Crippen LogP) is 4.26. The van der Waals surface area contributed by atoms with Gasteiger partial charge in [0.2, 0.25) is 0 Å². The Balaban J connectivity index is 2.54. The van der Waals surface area contributed by atoms with Crippen LogP contribution in [0.3, 0.4) is 0 Å². The summed E-state index contributed by atoms with van der Waals surface area (Å²) in [5.41, 5.74) is 4.91. The molecule has 3 nitrogen and oxygen atoms in total. The van der Waals surface area contributed by atoms with Gasteiger partial charge in [-0.1, -0.05) is 35.0 Å². The summed E-state index contributed by atoms with van der Waals surface area (Å²) in [6, 6.07) is 4.58. The van der Waals surface area contributed by atoms with Crippen LogP contribution in [0, 0.1) is 13.8 Å². The van der Waals surface area contributed by atoms with Crippen molar-refractivity contribution in [1.29, 1.82) is 0 Å². The van der Waals surface area contributed by atoms with Gasteiger partial charge in [-0.15, -0.1) is 0 Å². The van der Waals surface area contributed by atoms with Gasteiger partial charge in [0, 0.05) is 11.5 Å². The van der Waals surface area contributed by atoms with Crippen molar-refractivity contribution < 1.29 is 0 Å². The maximum Gasteiger partial charge on any atom is 0.0759 e. The molecule has 1 heterocycles. The van der Waals surface area contributed by atoms with E-state index in [9.17, 15) is 0 Å². The zero-order valence-electron chi connectivity index (χ0n) is 12.2. The lowest BCUT2D eigenvalue weighted by Gasteiger charge is -2.21. The summed E-state index contributed by atoms with van der Waals surface area (Å²) in [6.45, 7) is 7.27. The lowest BCUT2D eigenvalue weighted by Crippen LogP contribution is -2.25. The van der Waals surface area contributed by atoms with Crippen molar-refractivity contribution in [2.45, 2.75) is 26.8 Å². The second kappa shape index (κ2) is 6.41. The van der Waals surface area contributed by atoms with Gasteiger partial charge in [0.1, 0.15) is 0 Å². The Hall–Kier alpha value is -0.650. The molecule has 0 fully saturated rings. The molecule has 2 aromatic rings. The average Bonchev–Trinajstić information content (AvgIpc) is 2.72. The van der Waals surface area contributed by atoms with E-state index < -0.39 is 0 Å². The predicted molar refractivity (Wildman–Crippen MR) is 90.0 cm³/mol. The average molecular weight is 401 g/mol. The smallest absolute Gasteiger partial charge is 0.0759 e. The molecule has 5 heteroatoms. The van der Waals surface area contributed by atoms with Gasteiger partial charge in [0.15, 0.2) is 0 Å². The molecular formula is C15H19Br2N3. The van der Waals surface area contributed by atoms with Gasteiger partial charge in [-0.25, -0.2) is 0 Å². The second-order valence-electron chi connectivity index (χ2n) is 4.96. The van der Waals surface area contributed by atoms with Gasteiger partial charge in [0.05, 0.1) is 22.4 Å². The maximum absolute atomic E-state index is 4.33. The van der Waals surface area contributed by atoms with Gasteiger partial charge in [0.25, 0.3) is 0 Å². The Morgan fingerprint density at radius 2 is 1.85 bits per heavy atom. The number of benzene rings is 1. The zero-order valence-corrected chi connectivity index (χ0v) is 15.3. The molecular weight excluding hydrogens is 382 g/mol. The van der Waals surface area contributed by atoms with Crippen molar-refractivity contribution in [2.24, 2.45) is 7.05 Å². The molecule has 0 saturated carbocycles. The van der Waals surface area contributed by atoms with E-state index in [2.05, 4.69) is 75.2 Å². The molecule has 0 amide bonds. The van der Waals surface area contributed by atoms with Crippen molar-refractivity contribution in [3.63, 3.8) is 0 Å². The van der Waals surface area contributed by atoms with E-state index in [1.807, 2.05) is 17.9 Å². The van der Waals surface area contributed by atoms with Crippen LogP contribution in [0.2, 0.25) is 0 Å². The van der Waals surface area contributed by atoms with Crippen molar-refractivity contribution in [3.05, 3.63) is 49.7 Å². The molecule has 20 heavy (non-hydrogen) atoms. The summed E-state index contributed by atoms with van der Waals surface area (Å²) in [6.07, 6.45) is 1.85. The first-order valence-corrected chi connectivity index (χ1v) is 8.21. The Morgan fingerprint density at radius 3 is 2.30 bits per heavy atom. The van der Waals surface area contributed by atoms with Crippen LogP contribution in [-0.2, 0) is 7.05 Å². The summed E-state index contributed by atoms with van der Waals surface area (Å²) in [5.74, 6) is 0. The van der Waals surface area contributed by atoms with Crippen molar-refractivity contribution in [2.75, 3.05) is 6.54 Å². The largest absolute Gasteiger partial charge is 0.305 e. The third-order valence-electron chi connectivity index (χ3n) is 3.41. The topological polar surface area (TPSA) is 29.9 Å². The number of aryl methyl sites for hydroxylation is 3. The molecule has 0 spiro atoms. The molecule has 1 unspecified atom stereocenters. The van der Waals surface area contributed by atoms with E-state index >= 15 is 0 Å². The van der Waals surface area contributed by atoms with E-state index in [0.717, 1.165) is 16.7 Å². The Labute approximate surface area is 137 Å². The fourth-order valence-corrected chi connectivity index (χ4v) is 3.27.